The Morgan fingerprint density at radius 3 is 2.72 bits per heavy atom. The minimum Gasteiger partial charge on any atom is -0.493 e. The van der Waals surface area contributed by atoms with Crippen molar-refractivity contribution in [3.8, 4) is 11.6 Å². The molecule has 2 heterocycles. The summed E-state index contributed by atoms with van der Waals surface area (Å²) in [5, 5.41) is 13.4. The lowest BCUT2D eigenvalue weighted by Gasteiger charge is -2.18. The molecule has 1 amide bonds. The lowest BCUT2D eigenvalue weighted by atomic mass is 10.0. The highest BCUT2D eigenvalue weighted by Crippen LogP contribution is 2.29. The van der Waals surface area contributed by atoms with Crippen LogP contribution in [0.2, 0.25) is 0 Å². The molecular formula is C21H25N3O5. The van der Waals surface area contributed by atoms with Gasteiger partial charge < -0.3 is 24.5 Å². The molecule has 2 atom stereocenters. The van der Waals surface area contributed by atoms with Crippen LogP contribution in [-0.4, -0.2) is 40.5 Å². The number of carbonyl (C=O) groups is 1. The number of hydrogen-bond donors (Lipinski definition) is 2. The van der Waals surface area contributed by atoms with Crippen LogP contribution in [0.1, 0.15) is 20.3 Å². The van der Waals surface area contributed by atoms with Crippen molar-refractivity contribution < 1.29 is 19.4 Å². The van der Waals surface area contributed by atoms with Gasteiger partial charge in [0.2, 0.25) is 5.88 Å². The van der Waals surface area contributed by atoms with Crippen molar-refractivity contribution in [2.45, 2.75) is 26.3 Å². The molecule has 1 aromatic carbocycles. The molecule has 0 bridgehead atoms. The molecule has 0 saturated carbocycles. The third-order valence-corrected chi connectivity index (χ3v) is 4.91. The molecular weight excluding hydrogens is 374 g/mol. The second kappa shape index (κ2) is 8.38. The Balaban J connectivity index is 1.87. The number of amides is 1. The number of nitrogens with one attached hydrogen (secondary N) is 1. The maximum atomic E-state index is 12.9. The van der Waals surface area contributed by atoms with Crippen LogP contribution in [0.3, 0.4) is 0 Å². The molecule has 154 valence electrons. The van der Waals surface area contributed by atoms with E-state index in [2.05, 4.69) is 10.3 Å². The summed E-state index contributed by atoms with van der Waals surface area (Å²) in [5.74, 6) is 1.12. The summed E-state index contributed by atoms with van der Waals surface area (Å²) in [6.45, 7) is 4.27. The lowest BCUT2D eigenvalue weighted by Crippen LogP contribution is -2.33. The molecule has 0 aliphatic rings. The number of fused-ring (bicyclic) bond motifs is 3. The summed E-state index contributed by atoms with van der Waals surface area (Å²) in [4.78, 5) is 27.7. The van der Waals surface area contributed by atoms with Gasteiger partial charge in [-0.2, -0.15) is 0 Å². The van der Waals surface area contributed by atoms with Gasteiger partial charge in [-0.05, 0) is 37.5 Å². The molecule has 0 saturated heterocycles. The van der Waals surface area contributed by atoms with Crippen molar-refractivity contribution in [3.05, 3.63) is 40.8 Å². The standard InChI is InChI=1S/C21H25N3O5/c1-12(9-13(2)23-21(26)27)11-29-14-5-6-15-16-7-8-22-19(28-4)18(16)20(25)24(3)17(15)10-14/h5-8,10,12-13,23H,9,11H2,1-4H3,(H,26,27). The van der Waals surface area contributed by atoms with E-state index >= 15 is 0 Å². The van der Waals surface area contributed by atoms with Crippen LogP contribution in [0.15, 0.2) is 35.3 Å². The number of hydrogen-bond acceptors (Lipinski definition) is 5. The number of pyridine rings is 2. The molecule has 8 heteroatoms. The minimum atomic E-state index is -1.03. The van der Waals surface area contributed by atoms with Gasteiger partial charge in [0.15, 0.2) is 0 Å². The Kier molecular flexibility index (Phi) is 5.91. The number of aryl methyl sites for hydroxylation is 1. The molecule has 0 radical (unpaired) electrons. The van der Waals surface area contributed by atoms with E-state index in [0.29, 0.717) is 30.0 Å². The van der Waals surface area contributed by atoms with E-state index in [1.807, 2.05) is 32.0 Å². The minimum absolute atomic E-state index is 0.154. The number of benzene rings is 1. The molecule has 29 heavy (non-hydrogen) atoms. The van der Waals surface area contributed by atoms with Gasteiger partial charge in [-0.1, -0.05) is 6.92 Å². The molecule has 3 aromatic rings. The van der Waals surface area contributed by atoms with Crippen molar-refractivity contribution in [3.63, 3.8) is 0 Å². The van der Waals surface area contributed by atoms with Crippen LogP contribution in [0.5, 0.6) is 11.6 Å². The Hall–Kier alpha value is -3.29. The van der Waals surface area contributed by atoms with Gasteiger partial charge in [0.05, 0.1) is 19.2 Å². The number of carboxylic acid groups (broad SMARTS) is 1. The van der Waals surface area contributed by atoms with Crippen LogP contribution in [-0.2, 0) is 7.05 Å². The number of rotatable bonds is 7. The molecule has 2 unspecified atom stereocenters. The average molecular weight is 399 g/mol. The molecule has 0 fully saturated rings. The first-order valence-corrected chi connectivity index (χ1v) is 9.39. The average Bonchev–Trinajstić information content (AvgIpc) is 2.69. The van der Waals surface area contributed by atoms with Gasteiger partial charge in [0, 0.05) is 36.1 Å². The summed E-state index contributed by atoms with van der Waals surface area (Å²) in [6, 6.07) is 7.28. The van der Waals surface area contributed by atoms with Crippen molar-refractivity contribution in [1.29, 1.82) is 0 Å². The van der Waals surface area contributed by atoms with Gasteiger partial charge in [0.25, 0.3) is 5.56 Å². The number of nitrogens with zero attached hydrogens (tertiary/aromatic N) is 2. The predicted octanol–water partition coefficient (Wildman–Crippen LogP) is 3.16. The highest BCUT2D eigenvalue weighted by molar-refractivity contribution is 6.07. The molecule has 0 aliphatic heterocycles. The smallest absolute Gasteiger partial charge is 0.404 e. The van der Waals surface area contributed by atoms with E-state index in [9.17, 15) is 9.59 Å². The monoisotopic (exact) mass is 399 g/mol. The van der Waals surface area contributed by atoms with E-state index in [1.165, 1.54) is 7.11 Å². The highest BCUT2D eigenvalue weighted by atomic mass is 16.5. The van der Waals surface area contributed by atoms with E-state index < -0.39 is 6.09 Å². The van der Waals surface area contributed by atoms with E-state index in [4.69, 9.17) is 14.6 Å². The number of ether oxygens (including phenoxy) is 2. The number of methoxy groups -OCH3 is 1. The highest BCUT2D eigenvalue weighted by Gasteiger charge is 2.15. The Bertz CT molecular complexity index is 1110. The van der Waals surface area contributed by atoms with Crippen molar-refractivity contribution in [2.75, 3.05) is 13.7 Å². The zero-order valence-corrected chi connectivity index (χ0v) is 16.9. The van der Waals surface area contributed by atoms with E-state index in [-0.39, 0.29) is 17.5 Å². The first-order valence-electron chi connectivity index (χ1n) is 9.39. The molecule has 0 aliphatic carbocycles. The topological polar surface area (TPSA) is 103 Å². The SMILES string of the molecule is COc1nccc2c1c(=O)n(C)c1cc(OCC(C)CC(C)NC(=O)O)ccc21. The predicted molar refractivity (Wildman–Crippen MR) is 111 cm³/mol. The van der Waals surface area contributed by atoms with Gasteiger partial charge in [-0.3, -0.25) is 4.79 Å². The van der Waals surface area contributed by atoms with E-state index in [0.717, 1.165) is 16.3 Å². The van der Waals surface area contributed by atoms with Crippen molar-refractivity contribution >= 4 is 27.8 Å². The van der Waals surface area contributed by atoms with Crippen molar-refractivity contribution in [1.82, 2.24) is 14.9 Å². The van der Waals surface area contributed by atoms with Crippen LogP contribution >= 0.6 is 0 Å². The Morgan fingerprint density at radius 2 is 2.03 bits per heavy atom. The Morgan fingerprint density at radius 1 is 1.28 bits per heavy atom. The first-order chi connectivity index (χ1) is 13.8. The van der Waals surface area contributed by atoms with E-state index in [1.54, 1.807) is 23.9 Å². The van der Waals surface area contributed by atoms with Gasteiger partial charge in [0.1, 0.15) is 11.1 Å². The molecule has 2 N–H and O–H groups in total. The van der Waals surface area contributed by atoms with Gasteiger partial charge in [-0.15, -0.1) is 0 Å². The normalized spacial score (nSPS) is 13.2. The maximum Gasteiger partial charge on any atom is 0.404 e. The fourth-order valence-electron chi connectivity index (χ4n) is 3.59. The summed E-state index contributed by atoms with van der Waals surface area (Å²) in [6.07, 6.45) is 1.26. The maximum absolute atomic E-state index is 12.9. The summed E-state index contributed by atoms with van der Waals surface area (Å²) in [5.41, 5.74) is 0.568. The number of aromatic nitrogens is 2. The largest absolute Gasteiger partial charge is 0.493 e. The summed E-state index contributed by atoms with van der Waals surface area (Å²) < 4.78 is 12.7. The fourth-order valence-corrected chi connectivity index (χ4v) is 3.59. The third-order valence-electron chi connectivity index (χ3n) is 4.91. The van der Waals surface area contributed by atoms with Crippen LogP contribution in [0.4, 0.5) is 4.79 Å². The van der Waals surface area contributed by atoms with Crippen LogP contribution < -0.4 is 20.3 Å². The fraction of sp³-hybridized carbons (Fsp3) is 0.381. The second-order valence-electron chi connectivity index (χ2n) is 7.29. The molecule has 8 nitrogen and oxygen atoms in total. The zero-order valence-electron chi connectivity index (χ0n) is 16.9. The summed E-state index contributed by atoms with van der Waals surface area (Å²) >= 11 is 0. The molecule has 2 aromatic heterocycles. The summed E-state index contributed by atoms with van der Waals surface area (Å²) in [7, 11) is 3.21. The van der Waals surface area contributed by atoms with Gasteiger partial charge in [-0.25, -0.2) is 9.78 Å². The Labute approximate surface area is 168 Å². The van der Waals surface area contributed by atoms with Crippen LogP contribution in [0.25, 0.3) is 21.7 Å². The molecule has 0 spiro atoms. The zero-order chi connectivity index (χ0) is 21.1. The first kappa shape index (κ1) is 20.4. The second-order valence-corrected chi connectivity index (χ2v) is 7.29. The van der Waals surface area contributed by atoms with Crippen LogP contribution in [0, 0.1) is 5.92 Å². The molecule has 3 rings (SSSR count). The quantitative estimate of drug-likeness (QED) is 0.592. The third kappa shape index (κ3) is 4.26. The lowest BCUT2D eigenvalue weighted by molar-refractivity contribution is 0.185. The van der Waals surface area contributed by atoms with Gasteiger partial charge >= 0.3 is 6.09 Å². The van der Waals surface area contributed by atoms with Crippen molar-refractivity contribution in [2.24, 2.45) is 13.0 Å².